The van der Waals surface area contributed by atoms with E-state index in [9.17, 15) is 5.11 Å². The summed E-state index contributed by atoms with van der Waals surface area (Å²) in [5.41, 5.74) is 13.6. The Balaban J connectivity index is 1.35. The molecule has 0 amide bonds. The highest BCUT2D eigenvalue weighted by Gasteiger charge is 2.24. The Kier molecular flexibility index (Phi) is 7.44. The molecule has 48 heavy (non-hydrogen) atoms. The number of hydrogen-bond donors (Lipinski definition) is 1. The standard InChI is InChI=1S/C44H39N3O/c1-44(2,3)34-26-32(25-33(27-34)39-28-31(23-24-45-39)29-13-6-4-7-14-29)36-19-12-20-40-41(36)46-43(47(40)35-16-8-5-9-17-35)38-22-21-30-15-10-11-18-37(30)42(38)48/h4-9,12-14,16-17,19-28,48H,10-11,15,18H2,1-3H3. The lowest BCUT2D eigenvalue weighted by atomic mass is 9.83. The van der Waals surface area contributed by atoms with Crippen molar-refractivity contribution in [1.82, 2.24) is 14.5 Å². The number of aromatic hydroxyl groups is 1. The Morgan fingerprint density at radius 3 is 2.19 bits per heavy atom. The maximum atomic E-state index is 11.7. The van der Waals surface area contributed by atoms with Crippen LogP contribution in [-0.4, -0.2) is 19.6 Å². The number of hydrogen-bond acceptors (Lipinski definition) is 3. The van der Waals surface area contributed by atoms with Crippen molar-refractivity contribution in [1.29, 1.82) is 0 Å². The van der Waals surface area contributed by atoms with Crippen LogP contribution in [0.1, 0.15) is 50.3 Å². The number of fused-ring (bicyclic) bond motifs is 2. The van der Waals surface area contributed by atoms with Gasteiger partial charge in [0.2, 0.25) is 0 Å². The van der Waals surface area contributed by atoms with Crippen LogP contribution in [0.4, 0.5) is 0 Å². The lowest BCUT2D eigenvalue weighted by molar-refractivity contribution is 0.463. The minimum atomic E-state index is -0.0842. The maximum absolute atomic E-state index is 11.7. The Morgan fingerprint density at radius 2 is 1.40 bits per heavy atom. The summed E-state index contributed by atoms with van der Waals surface area (Å²) in [7, 11) is 0. The second kappa shape index (κ2) is 12.0. The number of phenolic OH excluding ortho intramolecular Hbond substituents is 1. The summed E-state index contributed by atoms with van der Waals surface area (Å²) in [5.74, 6) is 1.11. The van der Waals surface area contributed by atoms with Gasteiger partial charge in [0.05, 0.1) is 22.3 Å². The number of para-hydroxylation sites is 2. The lowest BCUT2D eigenvalue weighted by Crippen LogP contribution is -2.11. The van der Waals surface area contributed by atoms with Gasteiger partial charge < -0.3 is 5.11 Å². The van der Waals surface area contributed by atoms with Gasteiger partial charge in [0.15, 0.2) is 0 Å². The summed E-state index contributed by atoms with van der Waals surface area (Å²) in [6, 6.07) is 42.6. The normalized spacial score (nSPS) is 13.1. The van der Waals surface area contributed by atoms with Crippen molar-refractivity contribution in [3.63, 3.8) is 0 Å². The van der Waals surface area contributed by atoms with Crippen molar-refractivity contribution in [3.8, 4) is 56.3 Å². The van der Waals surface area contributed by atoms with E-state index in [4.69, 9.17) is 9.97 Å². The molecule has 0 aliphatic heterocycles. The first-order chi connectivity index (χ1) is 23.3. The van der Waals surface area contributed by atoms with Crippen molar-refractivity contribution >= 4 is 11.0 Å². The summed E-state index contributed by atoms with van der Waals surface area (Å²) in [4.78, 5) is 10.2. The number of pyridine rings is 1. The number of imidazole rings is 1. The SMILES string of the molecule is CC(C)(C)c1cc(-c2cc(-c3ccccc3)ccn2)cc(-c2cccc3c2nc(-c2ccc4c(c2O)CCCC4)n3-c2ccccc2)c1. The quantitative estimate of drug-likeness (QED) is 0.207. The number of phenols is 1. The smallest absolute Gasteiger partial charge is 0.149 e. The molecule has 7 aromatic rings. The van der Waals surface area contributed by atoms with E-state index in [2.05, 4.69) is 135 Å². The van der Waals surface area contributed by atoms with Crippen LogP contribution in [-0.2, 0) is 18.3 Å². The molecule has 1 N–H and O–H groups in total. The number of benzene rings is 5. The van der Waals surface area contributed by atoms with Crippen LogP contribution >= 0.6 is 0 Å². The van der Waals surface area contributed by atoms with Gasteiger partial charge in [-0.25, -0.2) is 4.98 Å². The van der Waals surface area contributed by atoms with Crippen molar-refractivity contribution in [3.05, 3.63) is 144 Å². The summed E-state index contributed by atoms with van der Waals surface area (Å²) in [5, 5.41) is 11.7. The van der Waals surface area contributed by atoms with Crippen molar-refractivity contribution in [2.45, 2.75) is 51.9 Å². The predicted octanol–water partition coefficient (Wildman–Crippen LogP) is 11.0. The molecule has 2 heterocycles. The van der Waals surface area contributed by atoms with Crippen LogP contribution in [0.15, 0.2) is 128 Å². The molecule has 8 rings (SSSR count). The fourth-order valence-corrected chi connectivity index (χ4v) is 7.10. The van der Waals surface area contributed by atoms with Gasteiger partial charge in [-0.15, -0.1) is 0 Å². The van der Waals surface area contributed by atoms with Crippen molar-refractivity contribution in [2.75, 3.05) is 0 Å². The summed E-state index contributed by atoms with van der Waals surface area (Å²) in [6.45, 7) is 6.77. The van der Waals surface area contributed by atoms with E-state index in [1.807, 2.05) is 18.3 Å². The van der Waals surface area contributed by atoms with Crippen LogP contribution in [0.3, 0.4) is 0 Å². The molecule has 2 aromatic heterocycles. The molecule has 0 atom stereocenters. The van der Waals surface area contributed by atoms with Gasteiger partial charge >= 0.3 is 0 Å². The molecule has 0 fully saturated rings. The zero-order valence-electron chi connectivity index (χ0n) is 27.7. The van der Waals surface area contributed by atoms with Gasteiger partial charge in [0.1, 0.15) is 11.6 Å². The van der Waals surface area contributed by atoms with E-state index >= 15 is 0 Å². The number of aryl methyl sites for hydroxylation is 1. The molecule has 4 heteroatoms. The molecule has 0 spiro atoms. The monoisotopic (exact) mass is 625 g/mol. The van der Waals surface area contributed by atoms with E-state index in [-0.39, 0.29) is 5.41 Å². The first-order valence-corrected chi connectivity index (χ1v) is 16.9. The van der Waals surface area contributed by atoms with Gasteiger partial charge in [-0.3, -0.25) is 9.55 Å². The summed E-state index contributed by atoms with van der Waals surface area (Å²) in [6.07, 6.45) is 6.07. The molecule has 1 aliphatic rings. The first-order valence-electron chi connectivity index (χ1n) is 16.9. The molecular formula is C44H39N3O. The van der Waals surface area contributed by atoms with Crippen molar-refractivity contribution < 1.29 is 5.11 Å². The van der Waals surface area contributed by atoms with E-state index in [1.54, 1.807) is 0 Å². The second-order valence-corrected chi connectivity index (χ2v) is 13.9. The minimum Gasteiger partial charge on any atom is -0.507 e. The molecule has 0 unspecified atom stereocenters. The van der Waals surface area contributed by atoms with Gasteiger partial charge in [0, 0.05) is 23.0 Å². The third kappa shape index (κ3) is 5.37. The van der Waals surface area contributed by atoms with Crippen LogP contribution in [0.25, 0.3) is 61.6 Å². The number of rotatable bonds is 5. The van der Waals surface area contributed by atoms with Gasteiger partial charge in [-0.1, -0.05) is 93.6 Å². The van der Waals surface area contributed by atoms with E-state index in [1.165, 1.54) is 23.1 Å². The van der Waals surface area contributed by atoms with Crippen LogP contribution in [0, 0.1) is 0 Å². The average Bonchev–Trinajstić information content (AvgIpc) is 3.52. The number of nitrogens with zero attached hydrogens (tertiary/aromatic N) is 3. The Morgan fingerprint density at radius 1 is 0.646 bits per heavy atom. The van der Waals surface area contributed by atoms with Gasteiger partial charge in [0.25, 0.3) is 0 Å². The average molecular weight is 626 g/mol. The Bertz CT molecular complexity index is 2280. The third-order valence-corrected chi connectivity index (χ3v) is 9.72. The van der Waals surface area contributed by atoms with Crippen molar-refractivity contribution in [2.24, 2.45) is 0 Å². The van der Waals surface area contributed by atoms with Crippen LogP contribution < -0.4 is 0 Å². The molecule has 0 saturated carbocycles. The van der Waals surface area contributed by atoms with Crippen LogP contribution in [0.5, 0.6) is 5.75 Å². The number of aromatic nitrogens is 3. The summed E-state index contributed by atoms with van der Waals surface area (Å²) >= 11 is 0. The minimum absolute atomic E-state index is 0.0842. The molecule has 0 bridgehead atoms. The van der Waals surface area contributed by atoms with Gasteiger partial charge in [-0.05, 0) is 113 Å². The maximum Gasteiger partial charge on any atom is 0.149 e. The summed E-state index contributed by atoms with van der Waals surface area (Å²) < 4.78 is 2.20. The molecule has 0 saturated heterocycles. The van der Waals surface area contributed by atoms with E-state index < -0.39 is 0 Å². The predicted molar refractivity (Wildman–Crippen MR) is 198 cm³/mol. The molecule has 236 valence electrons. The Labute approximate surface area is 282 Å². The topological polar surface area (TPSA) is 50.9 Å². The fraction of sp³-hybridized carbons (Fsp3) is 0.182. The fourth-order valence-electron chi connectivity index (χ4n) is 7.10. The Hall–Kier alpha value is -5.48. The largest absolute Gasteiger partial charge is 0.507 e. The highest BCUT2D eigenvalue weighted by molar-refractivity contribution is 5.97. The molecule has 1 aliphatic carbocycles. The first kappa shape index (κ1) is 29.9. The molecule has 5 aromatic carbocycles. The second-order valence-electron chi connectivity index (χ2n) is 13.9. The highest BCUT2D eigenvalue weighted by atomic mass is 16.3. The zero-order chi connectivity index (χ0) is 32.8. The zero-order valence-corrected chi connectivity index (χ0v) is 27.7. The van der Waals surface area contributed by atoms with E-state index in [0.29, 0.717) is 5.75 Å². The third-order valence-electron chi connectivity index (χ3n) is 9.72. The highest BCUT2D eigenvalue weighted by Crippen LogP contribution is 2.42. The van der Waals surface area contributed by atoms with Gasteiger partial charge in [-0.2, -0.15) is 0 Å². The lowest BCUT2D eigenvalue weighted by Gasteiger charge is -2.22. The van der Waals surface area contributed by atoms with E-state index in [0.717, 1.165) is 80.9 Å². The van der Waals surface area contributed by atoms with Crippen LogP contribution in [0.2, 0.25) is 0 Å². The molecule has 0 radical (unpaired) electrons. The molecular weight excluding hydrogens is 587 g/mol. The molecule has 4 nitrogen and oxygen atoms in total.